The number of carbonyl (C=O) groups is 1. The van der Waals surface area contributed by atoms with E-state index in [2.05, 4.69) is 34.8 Å². The summed E-state index contributed by atoms with van der Waals surface area (Å²) in [6.07, 6.45) is 1.62. The Hall–Kier alpha value is -5.29. The molecule has 1 heterocycles. The first-order valence-electron chi connectivity index (χ1n) is 12.7. The molecule has 5 heteroatoms. The fourth-order valence-electron chi connectivity index (χ4n) is 4.61. The molecule has 6 aromatic rings. The largest absolute Gasteiger partial charge is 0.489 e. The van der Waals surface area contributed by atoms with Crippen molar-refractivity contribution >= 4 is 33.8 Å². The molecule has 0 fully saturated rings. The van der Waals surface area contributed by atoms with E-state index in [0.29, 0.717) is 12.2 Å². The van der Waals surface area contributed by atoms with Gasteiger partial charge in [0, 0.05) is 10.9 Å². The van der Waals surface area contributed by atoms with Crippen LogP contribution < -0.4 is 10.2 Å². The molecule has 0 bridgehead atoms. The number of amides is 1. The highest BCUT2D eigenvalue weighted by Crippen LogP contribution is 2.25. The molecule has 0 spiro atoms. The highest BCUT2D eigenvalue weighted by atomic mass is 16.5. The predicted molar refractivity (Wildman–Crippen MR) is 157 cm³/mol. The lowest BCUT2D eigenvalue weighted by Gasteiger charge is -2.10. The van der Waals surface area contributed by atoms with Crippen LogP contribution in [0.4, 0.5) is 0 Å². The highest BCUT2D eigenvalue weighted by molar-refractivity contribution is 6.07. The Balaban J connectivity index is 1.18. The third-order valence-electron chi connectivity index (χ3n) is 6.54. The summed E-state index contributed by atoms with van der Waals surface area (Å²) in [6, 6.07) is 41.4. The smallest absolute Gasteiger partial charge is 0.272 e. The SMILES string of the molecule is O=C(N/N=C\c1cccc(OCc2cccc3ccccc23)c1)c1cc(-c2ccccc2)nc2ccccc12. The van der Waals surface area contributed by atoms with Crippen LogP contribution in [0.5, 0.6) is 5.75 Å². The molecule has 0 radical (unpaired) electrons. The second-order valence-corrected chi connectivity index (χ2v) is 9.14. The minimum atomic E-state index is -0.301. The van der Waals surface area contributed by atoms with Gasteiger partial charge in [-0.05, 0) is 46.2 Å². The fraction of sp³-hybridized carbons (Fsp3) is 0.0294. The maximum Gasteiger partial charge on any atom is 0.272 e. The Morgan fingerprint density at radius 2 is 1.51 bits per heavy atom. The lowest BCUT2D eigenvalue weighted by molar-refractivity contribution is 0.0956. The molecule has 0 unspecified atom stereocenters. The van der Waals surface area contributed by atoms with E-state index in [9.17, 15) is 4.79 Å². The van der Waals surface area contributed by atoms with Crippen molar-refractivity contribution < 1.29 is 9.53 Å². The average Bonchev–Trinajstić information content (AvgIpc) is 3.00. The quantitative estimate of drug-likeness (QED) is 0.181. The van der Waals surface area contributed by atoms with E-state index in [4.69, 9.17) is 9.72 Å². The Bertz CT molecular complexity index is 1810. The van der Waals surface area contributed by atoms with Gasteiger partial charge < -0.3 is 4.74 Å². The van der Waals surface area contributed by atoms with Gasteiger partial charge >= 0.3 is 0 Å². The Morgan fingerprint density at radius 1 is 0.769 bits per heavy atom. The summed E-state index contributed by atoms with van der Waals surface area (Å²) in [5, 5.41) is 7.37. The molecule has 0 aliphatic rings. The molecule has 0 aliphatic carbocycles. The van der Waals surface area contributed by atoms with E-state index in [1.807, 2.05) is 103 Å². The summed E-state index contributed by atoms with van der Waals surface area (Å²) >= 11 is 0. The average molecular weight is 508 g/mol. The van der Waals surface area contributed by atoms with Crippen molar-refractivity contribution in [2.24, 2.45) is 5.10 Å². The van der Waals surface area contributed by atoms with E-state index in [0.717, 1.165) is 39.0 Å². The zero-order valence-corrected chi connectivity index (χ0v) is 21.1. The van der Waals surface area contributed by atoms with Crippen LogP contribution in [0.1, 0.15) is 21.5 Å². The second kappa shape index (κ2) is 11.0. The molecule has 5 aromatic carbocycles. The second-order valence-electron chi connectivity index (χ2n) is 9.14. The first kappa shape index (κ1) is 24.1. The zero-order valence-electron chi connectivity index (χ0n) is 21.1. The minimum Gasteiger partial charge on any atom is -0.489 e. The number of pyridine rings is 1. The van der Waals surface area contributed by atoms with Crippen LogP contribution in [0.25, 0.3) is 32.9 Å². The van der Waals surface area contributed by atoms with Gasteiger partial charge in [-0.15, -0.1) is 0 Å². The van der Waals surface area contributed by atoms with Gasteiger partial charge in [0.1, 0.15) is 12.4 Å². The number of benzene rings is 5. The minimum absolute atomic E-state index is 0.301. The Kier molecular flexibility index (Phi) is 6.78. The van der Waals surface area contributed by atoms with Crippen LogP contribution in [0.2, 0.25) is 0 Å². The highest BCUT2D eigenvalue weighted by Gasteiger charge is 2.13. The van der Waals surface area contributed by atoms with E-state index < -0.39 is 0 Å². The van der Waals surface area contributed by atoms with Gasteiger partial charge in [0.05, 0.1) is 23.0 Å². The lowest BCUT2D eigenvalue weighted by Crippen LogP contribution is -2.18. The first-order chi connectivity index (χ1) is 19.2. The van der Waals surface area contributed by atoms with Crippen LogP contribution in [-0.4, -0.2) is 17.1 Å². The predicted octanol–water partition coefficient (Wildman–Crippen LogP) is 7.40. The van der Waals surface area contributed by atoms with Gasteiger partial charge in [0.2, 0.25) is 0 Å². The normalized spacial score (nSPS) is 11.2. The third kappa shape index (κ3) is 5.38. The summed E-state index contributed by atoms with van der Waals surface area (Å²) in [6.45, 7) is 0.456. The van der Waals surface area contributed by atoms with Gasteiger partial charge in [0.15, 0.2) is 0 Å². The Labute approximate surface area is 226 Å². The third-order valence-corrected chi connectivity index (χ3v) is 6.54. The monoisotopic (exact) mass is 507 g/mol. The molecule has 5 nitrogen and oxygen atoms in total. The van der Waals surface area contributed by atoms with Crippen molar-refractivity contribution in [2.45, 2.75) is 6.61 Å². The van der Waals surface area contributed by atoms with Gasteiger partial charge in [0.25, 0.3) is 5.91 Å². The molecule has 39 heavy (non-hydrogen) atoms. The van der Waals surface area contributed by atoms with Crippen molar-refractivity contribution in [3.63, 3.8) is 0 Å². The number of ether oxygens (including phenoxy) is 1. The number of hydrazone groups is 1. The topological polar surface area (TPSA) is 63.6 Å². The molecule has 1 aromatic heterocycles. The summed E-state index contributed by atoms with van der Waals surface area (Å²) < 4.78 is 6.09. The number of nitrogens with one attached hydrogen (secondary N) is 1. The number of fused-ring (bicyclic) bond motifs is 2. The van der Waals surface area contributed by atoms with Crippen molar-refractivity contribution in [1.82, 2.24) is 10.4 Å². The first-order valence-corrected chi connectivity index (χ1v) is 12.7. The number of aromatic nitrogens is 1. The van der Waals surface area contributed by atoms with E-state index in [1.165, 1.54) is 10.8 Å². The molecule has 1 N–H and O–H groups in total. The number of hydrogen-bond acceptors (Lipinski definition) is 4. The van der Waals surface area contributed by atoms with Crippen molar-refractivity contribution in [3.8, 4) is 17.0 Å². The molecule has 6 rings (SSSR count). The number of rotatable bonds is 7. The van der Waals surface area contributed by atoms with E-state index >= 15 is 0 Å². The van der Waals surface area contributed by atoms with E-state index in [1.54, 1.807) is 6.21 Å². The maximum atomic E-state index is 13.2. The van der Waals surface area contributed by atoms with Crippen molar-refractivity contribution in [2.75, 3.05) is 0 Å². The molecule has 0 saturated heterocycles. The summed E-state index contributed by atoms with van der Waals surface area (Å²) in [5.74, 6) is 0.427. The summed E-state index contributed by atoms with van der Waals surface area (Å²) in [7, 11) is 0. The van der Waals surface area contributed by atoms with Crippen molar-refractivity contribution in [1.29, 1.82) is 0 Å². The van der Waals surface area contributed by atoms with Crippen LogP contribution in [0.15, 0.2) is 132 Å². The standard InChI is InChI=1S/C34H25N3O2/c38-34(31-21-33(26-12-2-1-3-13-26)36-32-19-7-6-18-30(31)32)37-35-22-24-10-8-16-28(20-24)39-23-27-15-9-14-25-11-4-5-17-29(25)27/h1-22H,23H2,(H,37,38)/b35-22-. The van der Waals surface area contributed by atoms with Crippen LogP contribution in [0, 0.1) is 0 Å². The van der Waals surface area contributed by atoms with E-state index in [-0.39, 0.29) is 5.91 Å². The molecule has 0 atom stereocenters. The molecule has 188 valence electrons. The zero-order chi connectivity index (χ0) is 26.4. The van der Waals surface area contributed by atoms with Crippen molar-refractivity contribution in [3.05, 3.63) is 144 Å². The number of nitrogens with zero attached hydrogens (tertiary/aromatic N) is 2. The molecular formula is C34H25N3O2. The number of carbonyl (C=O) groups excluding carboxylic acids is 1. The molecule has 1 amide bonds. The molecule has 0 aliphatic heterocycles. The van der Waals surface area contributed by atoms with Crippen LogP contribution >= 0.6 is 0 Å². The summed E-state index contributed by atoms with van der Waals surface area (Å²) in [4.78, 5) is 17.9. The van der Waals surface area contributed by atoms with Gasteiger partial charge in [-0.1, -0.05) is 103 Å². The van der Waals surface area contributed by atoms with Crippen LogP contribution in [-0.2, 0) is 6.61 Å². The van der Waals surface area contributed by atoms with Crippen LogP contribution in [0.3, 0.4) is 0 Å². The summed E-state index contributed by atoms with van der Waals surface area (Å²) in [5.41, 5.74) is 7.57. The lowest BCUT2D eigenvalue weighted by atomic mass is 10.0. The fourth-order valence-corrected chi connectivity index (χ4v) is 4.61. The maximum absolute atomic E-state index is 13.2. The molecule has 0 saturated carbocycles. The molecular weight excluding hydrogens is 482 g/mol. The van der Waals surface area contributed by atoms with Gasteiger partial charge in [-0.3, -0.25) is 4.79 Å². The van der Waals surface area contributed by atoms with Gasteiger partial charge in [-0.2, -0.15) is 5.10 Å². The number of hydrogen-bond donors (Lipinski definition) is 1. The van der Waals surface area contributed by atoms with Gasteiger partial charge in [-0.25, -0.2) is 10.4 Å². The number of para-hydroxylation sites is 1. The Morgan fingerprint density at radius 3 is 2.41 bits per heavy atom.